The van der Waals surface area contributed by atoms with Crippen LogP contribution in [0.3, 0.4) is 0 Å². The largest absolute Gasteiger partial charge is 0.264 e. The summed E-state index contributed by atoms with van der Waals surface area (Å²) in [6, 6.07) is 4.53. The first kappa shape index (κ1) is 13.0. The average Bonchev–Trinajstić information content (AvgIpc) is 2.92. The van der Waals surface area contributed by atoms with Crippen molar-refractivity contribution >= 4 is 32.3 Å². The molecule has 0 saturated heterocycles. The Morgan fingerprint density at radius 2 is 2.00 bits per heavy atom. The summed E-state index contributed by atoms with van der Waals surface area (Å²) < 4.78 is 40.8. The average molecular weight is 312 g/mol. The van der Waals surface area contributed by atoms with Gasteiger partial charge < -0.3 is 0 Å². The number of thiazole rings is 1. The molecule has 0 radical (unpaired) electrons. The van der Waals surface area contributed by atoms with Crippen LogP contribution in [0.25, 0.3) is 4.96 Å². The Labute approximate surface area is 117 Å². The molecule has 0 bridgehead atoms. The first-order valence-electron chi connectivity index (χ1n) is 5.55. The fraction of sp³-hybridized carbons (Fsp3) is 0.0909. The molecule has 0 amide bonds. The molecule has 6 nitrogen and oxygen atoms in total. The van der Waals surface area contributed by atoms with Crippen LogP contribution in [0.2, 0.25) is 0 Å². The molecule has 104 valence electrons. The molecule has 20 heavy (non-hydrogen) atoms. The van der Waals surface area contributed by atoms with Crippen LogP contribution in [-0.4, -0.2) is 23.0 Å². The van der Waals surface area contributed by atoms with Gasteiger partial charge in [-0.3, -0.25) is 0 Å². The minimum atomic E-state index is -3.82. The Balaban J connectivity index is 1.94. The highest BCUT2D eigenvalue weighted by Crippen LogP contribution is 2.18. The van der Waals surface area contributed by atoms with E-state index < -0.39 is 15.8 Å². The zero-order chi connectivity index (χ0) is 14.3. The fourth-order valence-electron chi connectivity index (χ4n) is 1.63. The number of anilines is 1. The summed E-state index contributed by atoms with van der Waals surface area (Å²) in [4.78, 5) is 4.62. The number of halogens is 1. The van der Waals surface area contributed by atoms with E-state index in [1.54, 1.807) is 4.52 Å². The molecule has 1 N–H and O–H groups in total. The molecule has 2 aromatic heterocycles. The topological polar surface area (TPSA) is 76.4 Å². The lowest BCUT2D eigenvalue weighted by Crippen LogP contribution is -2.14. The number of aromatic nitrogens is 3. The van der Waals surface area contributed by atoms with Gasteiger partial charge in [-0.25, -0.2) is 22.0 Å². The molecule has 0 unspecified atom stereocenters. The van der Waals surface area contributed by atoms with E-state index in [4.69, 9.17) is 0 Å². The number of fused-ring (bicyclic) bond motifs is 1. The quantitative estimate of drug-likeness (QED) is 0.803. The first-order valence-corrected chi connectivity index (χ1v) is 7.91. The summed E-state index contributed by atoms with van der Waals surface area (Å²) >= 11 is 1.36. The molecule has 3 rings (SSSR count). The van der Waals surface area contributed by atoms with Crippen molar-refractivity contribution in [3.63, 3.8) is 0 Å². The van der Waals surface area contributed by atoms with Gasteiger partial charge in [0.25, 0.3) is 16.0 Å². The third-order valence-electron chi connectivity index (χ3n) is 2.60. The van der Waals surface area contributed by atoms with Crippen LogP contribution in [0.1, 0.15) is 5.69 Å². The lowest BCUT2D eigenvalue weighted by Gasteiger charge is -2.03. The molecule has 2 heterocycles. The number of rotatable bonds is 3. The van der Waals surface area contributed by atoms with Crippen LogP contribution < -0.4 is 4.72 Å². The molecule has 1 aromatic carbocycles. The smallest absolute Gasteiger partial charge is 0.246 e. The number of aryl methyl sites for hydroxylation is 1. The number of sulfonamides is 1. The first-order chi connectivity index (χ1) is 9.45. The Bertz CT molecular complexity index is 868. The van der Waals surface area contributed by atoms with Crippen molar-refractivity contribution in [2.75, 3.05) is 4.72 Å². The molecule has 0 atom stereocenters. The Morgan fingerprint density at radius 1 is 1.30 bits per heavy atom. The molecule has 0 aliphatic heterocycles. The Hall–Kier alpha value is -2.00. The fourth-order valence-corrected chi connectivity index (χ4v) is 3.37. The summed E-state index contributed by atoms with van der Waals surface area (Å²) in [7, 11) is -3.82. The number of nitrogens with zero attached hydrogens (tertiary/aromatic N) is 3. The highest BCUT2D eigenvalue weighted by atomic mass is 32.2. The zero-order valence-electron chi connectivity index (χ0n) is 10.2. The minimum absolute atomic E-state index is 0.00993. The van der Waals surface area contributed by atoms with E-state index in [1.807, 2.05) is 12.3 Å². The van der Waals surface area contributed by atoms with Crippen LogP contribution in [0.5, 0.6) is 0 Å². The van der Waals surface area contributed by atoms with Gasteiger partial charge in [0, 0.05) is 5.38 Å². The third kappa shape index (κ3) is 2.25. The van der Waals surface area contributed by atoms with Gasteiger partial charge in [-0.15, -0.1) is 16.4 Å². The number of nitrogens with one attached hydrogen (secondary N) is 1. The van der Waals surface area contributed by atoms with E-state index in [2.05, 4.69) is 14.8 Å². The van der Waals surface area contributed by atoms with E-state index >= 15 is 0 Å². The molecular formula is C11H9FN4O2S2. The molecule has 0 aliphatic carbocycles. The molecule has 3 aromatic rings. The van der Waals surface area contributed by atoms with Crippen molar-refractivity contribution in [1.29, 1.82) is 0 Å². The van der Waals surface area contributed by atoms with Gasteiger partial charge in [-0.1, -0.05) is 0 Å². The van der Waals surface area contributed by atoms with Crippen molar-refractivity contribution in [3.8, 4) is 0 Å². The Morgan fingerprint density at radius 3 is 2.65 bits per heavy atom. The van der Waals surface area contributed by atoms with Crippen LogP contribution >= 0.6 is 11.3 Å². The lowest BCUT2D eigenvalue weighted by atomic mass is 10.4. The van der Waals surface area contributed by atoms with Gasteiger partial charge in [0.15, 0.2) is 0 Å². The van der Waals surface area contributed by atoms with Gasteiger partial charge in [0.2, 0.25) is 4.96 Å². The monoisotopic (exact) mass is 312 g/mol. The SMILES string of the molecule is Cc1csc2nc(NS(=O)(=O)c3ccc(F)cc3)nn12. The summed E-state index contributed by atoms with van der Waals surface area (Å²) in [6.45, 7) is 1.84. The summed E-state index contributed by atoms with van der Waals surface area (Å²) in [5, 5.41) is 5.92. The van der Waals surface area contributed by atoms with E-state index in [-0.39, 0.29) is 10.8 Å². The van der Waals surface area contributed by atoms with Crippen molar-refractivity contribution in [2.24, 2.45) is 0 Å². The van der Waals surface area contributed by atoms with Gasteiger partial charge in [-0.05, 0) is 31.2 Å². The van der Waals surface area contributed by atoms with Gasteiger partial charge in [-0.2, -0.15) is 4.98 Å². The molecule has 9 heteroatoms. The third-order valence-corrected chi connectivity index (χ3v) is 4.87. The normalized spacial score (nSPS) is 11.9. The van der Waals surface area contributed by atoms with Gasteiger partial charge in [0.1, 0.15) is 5.82 Å². The van der Waals surface area contributed by atoms with E-state index in [0.29, 0.717) is 4.96 Å². The predicted molar refractivity (Wildman–Crippen MR) is 72.8 cm³/mol. The van der Waals surface area contributed by atoms with Crippen LogP contribution in [0.15, 0.2) is 34.5 Å². The highest BCUT2D eigenvalue weighted by molar-refractivity contribution is 7.92. The maximum absolute atomic E-state index is 12.8. The summed E-state index contributed by atoms with van der Waals surface area (Å²) in [5.41, 5.74) is 0.865. The van der Waals surface area contributed by atoms with E-state index in [0.717, 1.165) is 17.8 Å². The molecular weight excluding hydrogens is 303 g/mol. The number of hydrogen-bond donors (Lipinski definition) is 1. The number of benzene rings is 1. The maximum atomic E-state index is 12.8. The maximum Gasteiger partial charge on any atom is 0.264 e. The Kier molecular flexibility index (Phi) is 2.94. The zero-order valence-corrected chi connectivity index (χ0v) is 11.9. The summed E-state index contributed by atoms with van der Waals surface area (Å²) in [6.07, 6.45) is 0. The highest BCUT2D eigenvalue weighted by Gasteiger charge is 2.17. The molecule has 0 aliphatic rings. The predicted octanol–water partition coefficient (Wildman–Crippen LogP) is 2.04. The molecule has 0 fully saturated rings. The van der Waals surface area contributed by atoms with Crippen molar-refractivity contribution in [2.45, 2.75) is 11.8 Å². The summed E-state index contributed by atoms with van der Waals surface area (Å²) in [5.74, 6) is -0.510. The van der Waals surface area contributed by atoms with E-state index in [9.17, 15) is 12.8 Å². The van der Waals surface area contributed by atoms with Crippen molar-refractivity contribution < 1.29 is 12.8 Å². The van der Waals surface area contributed by atoms with E-state index in [1.165, 1.54) is 23.5 Å². The second kappa shape index (κ2) is 4.53. The van der Waals surface area contributed by atoms with Gasteiger partial charge >= 0.3 is 0 Å². The second-order valence-corrected chi connectivity index (χ2v) is 6.59. The van der Waals surface area contributed by atoms with Crippen molar-refractivity contribution in [3.05, 3.63) is 41.2 Å². The lowest BCUT2D eigenvalue weighted by molar-refractivity contribution is 0.599. The van der Waals surface area contributed by atoms with Crippen molar-refractivity contribution in [1.82, 2.24) is 14.6 Å². The number of hydrogen-bond acceptors (Lipinski definition) is 5. The second-order valence-electron chi connectivity index (χ2n) is 4.07. The van der Waals surface area contributed by atoms with Crippen LogP contribution in [-0.2, 0) is 10.0 Å². The standard InChI is InChI=1S/C11H9FN4O2S2/c1-7-6-19-11-13-10(14-16(7)11)15-20(17,18)9-4-2-8(12)3-5-9/h2-6H,1H3,(H,14,15). The minimum Gasteiger partial charge on any atom is -0.246 e. The van der Waals surface area contributed by atoms with Crippen LogP contribution in [0, 0.1) is 12.7 Å². The van der Waals surface area contributed by atoms with Crippen LogP contribution in [0.4, 0.5) is 10.3 Å². The molecule has 0 saturated carbocycles. The van der Waals surface area contributed by atoms with Gasteiger partial charge in [0.05, 0.1) is 10.6 Å². The molecule has 0 spiro atoms.